The summed E-state index contributed by atoms with van der Waals surface area (Å²) in [7, 11) is 0. The van der Waals surface area contributed by atoms with Crippen molar-refractivity contribution in [3.8, 4) is 5.75 Å². The number of nitrogens with one attached hydrogen (secondary N) is 2. The fourth-order valence-corrected chi connectivity index (χ4v) is 2.96. The quantitative estimate of drug-likeness (QED) is 0.791. The second kappa shape index (κ2) is 8.26. The molecule has 0 spiro atoms. The van der Waals surface area contributed by atoms with Crippen molar-refractivity contribution in [1.82, 2.24) is 10.2 Å². The largest absolute Gasteiger partial charge is 0.487 e. The van der Waals surface area contributed by atoms with Gasteiger partial charge in [-0.25, -0.2) is 9.18 Å². The van der Waals surface area contributed by atoms with E-state index in [2.05, 4.69) is 10.6 Å². The van der Waals surface area contributed by atoms with Crippen LogP contribution in [0.3, 0.4) is 0 Å². The van der Waals surface area contributed by atoms with Crippen LogP contribution >= 0.6 is 11.6 Å². The Kier molecular flexibility index (Phi) is 5.81. The summed E-state index contributed by atoms with van der Waals surface area (Å²) >= 11 is 6.24. The van der Waals surface area contributed by atoms with E-state index in [4.69, 9.17) is 16.3 Å². The van der Waals surface area contributed by atoms with Crippen LogP contribution in [0.25, 0.3) is 0 Å². The van der Waals surface area contributed by atoms with Gasteiger partial charge in [-0.1, -0.05) is 23.7 Å². The lowest BCUT2D eigenvalue weighted by Crippen LogP contribution is -2.43. The van der Waals surface area contributed by atoms with E-state index in [1.165, 1.54) is 17.0 Å². The topological polar surface area (TPSA) is 70.7 Å². The number of urea groups is 1. The molecule has 1 aliphatic rings. The van der Waals surface area contributed by atoms with E-state index in [-0.39, 0.29) is 24.4 Å². The Morgan fingerprint density at radius 2 is 2.19 bits per heavy atom. The van der Waals surface area contributed by atoms with Crippen LogP contribution in [0.2, 0.25) is 5.02 Å². The number of imide groups is 1. The van der Waals surface area contributed by atoms with E-state index in [9.17, 15) is 14.0 Å². The minimum atomic E-state index is -0.594. The van der Waals surface area contributed by atoms with E-state index in [1.807, 2.05) is 0 Å². The highest BCUT2D eigenvalue weighted by Gasteiger charge is 2.29. The lowest BCUT2D eigenvalue weighted by Gasteiger charge is -2.20. The molecule has 0 saturated carbocycles. The third-order valence-electron chi connectivity index (χ3n) is 4.09. The average Bonchev–Trinajstić information content (AvgIpc) is 3.06. The van der Waals surface area contributed by atoms with Crippen LogP contribution in [0.1, 0.15) is 12.5 Å². The maximum Gasteiger partial charge on any atom is 0.324 e. The number of amides is 3. The summed E-state index contributed by atoms with van der Waals surface area (Å²) in [6, 6.07) is 10.2. The van der Waals surface area contributed by atoms with Crippen LogP contribution in [0.4, 0.5) is 14.9 Å². The van der Waals surface area contributed by atoms with Gasteiger partial charge in [-0.05, 0) is 42.8 Å². The number of hydrogen-bond acceptors (Lipinski definition) is 4. The molecule has 2 N–H and O–H groups in total. The Hall–Kier alpha value is -2.80. The van der Waals surface area contributed by atoms with Crippen molar-refractivity contribution in [3.05, 3.63) is 58.9 Å². The van der Waals surface area contributed by atoms with Crippen molar-refractivity contribution in [2.45, 2.75) is 19.6 Å². The summed E-state index contributed by atoms with van der Waals surface area (Å²) in [6.07, 6.45) is 0. The highest BCUT2D eigenvalue weighted by Crippen LogP contribution is 2.29. The van der Waals surface area contributed by atoms with Gasteiger partial charge in [-0.2, -0.15) is 0 Å². The molecule has 0 unspecified atom stereocenters. The zero-order valence-electron chi connectivity index (χ0n) is 14.7. The first-order valence-corrected chi connectivity index (χ1v) is 8.84. The van der Waals surface area contributed by atoms with Gasteiger partial charge in [0.2, 0.25) is 0 Å². The van der Waals surface area contributed by atoms with Gasteiger partial charge in [0.25, 0.3) is 5.91 Å². The summed E-state index contributed by atoms with van der Waals surface area (Å²) in [5.41, 5.74) is 1.31. The van der Waals surface area contributed by atoms with E-state index < -0.39 is 6.04 Å². The van der Waals surface area contributed by atoms with Crippen LogP contribution in [-0.2, 0) is 11.4 Å². The minimum absolute atomic E-state index is 0.184. The number of carbonyl (C=O) groups excluding carboxylic acids is 2. The molecule has 0 bridgehead atoms. The number of anilines is 1. The molecule has 6 nitrogen and oxygen atoms in total. The van der Waals surface area contributed by atoms with Crippen LogP contribution < -0.4 is 15.4 Å². The predicted molar refractivity (Wildman–Crippen MR) is 100 cm³/mol. The monoisotopic (exact) mass is 391 g/mol. The second-order valence-corrected chi connectivity index (χ2v) is 6.56. The van der Waals surface area contributed by atoms with Crippen molar-refractivity contribution in [2.75, 3.05) is 18.4 Å². The van der Waals surface area contributed by atoms with Crippen molar-refractivity contribution in [1.29, 1.82) is 0 Å². The van der Waals surface area contributed by atoms with Crippen LogP contribution in [0.15, 0.2) is 42.5 Å². The molecule has 1 atom stereocenters. The Morgan fingerprint density at radius 1 is 1.37 bits per heavy atom. The fraction of sp³-hybridized carbons (Fsp3) is 0.263. The molecule has 1 saturated heterocycles. The van der Waals surface area contributed by atoms with E-state index in [1.54, 1.807) is 37.3 Å². The second-order valence-electron chi connectivity index (χ2n) is 6.15. The maximum absolute atomic E-state index is 13.2. The molecule has 142 valence electrons. The zero-order chi connectivity index (χ0) is 19.4. The van der Waals surface area contributed by atoms with Gasteiger partial charge in [0.15, 0.2) is 0 Å². The number of benzene rings is 2. The first-order valence-electron chi connectivity index (χ1n) is 8.46. The standard InChI is InChI=1S/C19H19ClFN3O3/c1-12(18(25)24-8-7-22-19(24)26)23-15-5-6-17(16(20)10-15)27-11-13-3-2-4-14(21)9-13/h2-6,9-10,12,23H,7-8,11H2,1H3,(H,22,26)/t12-/m0/s1. The summed E-state index contributed by atoms with van der Waals surface area (Å²) < 4.78 is 18.8. The van der Waals surface area contributed by atoms with Gasteiger partial charge in [-0.3, -0.25) is 9.69 Å². The number of nitrogens with zero attached hydrogens (tertiary/aromatic N) is 1. The lowest BCUT2D eigenvalue weighted by atomic mass is 10.2. The Morgan fingerprint density at radius 3 is 2.85 bits per heavy atom. The average molecular weight is 392 g/mol. The number of carbonyl (C=O) groups is 2. The molecule has 1 aliphatic heterocycles. The number of rotatable bonds is 6. The van der Waals surface area contributed by atoms with Crippen molar-refractivity contribution in [2.24, 2.45) is 0 Å². The van der Waals surface area contributed by atoms with Crippen molar-refractivity contribution >= 4 is 29.2 Å². The van der Waals surface area contributed by atoms with Gasteiger partial charge in [0, 0.05) is 18.8 Å². The van der Waals surface area contributed by atoms with Gasteiger partial charge in [-0.15, -0.1) is 0 Å². The van der Waals surface area contributed by atoms with E-state index >= 15 is 0 Å². The van der Waals surface area contributed by atoms with Crippen LogP contribution in [0, 0.1) is 5.82 Å². The first-order chi connectivity index (χ1) is 12.9. The van der Waals surface area contributed by atoms with E-state index in [0.29, 0.717) is 35.1 Å². The van der Waals surface area contributed by atoms with Gasteiger partial charge in [0.05, 0.1) is 5.02 Å². The molecule has 1 heterocycles. The molecular formula is C19H19ClFN3O3. The Bertz CT molecular complexity index is 862. The molecule has 2 aromatic rings. The van der Waals surface area contributed by atoms with E-state index in [0.717, 1.165) is 0 Å². The Balaban J connectivity index is 1.60. The highest BCUT2D eigenvalue weighted by molar-refractivity contribution is 6.32. The minimum Gasteiger partial charge on any atom is -0.487 e. The maximum atomic E-state index is 13.2. The molecule has 0 radical (unpaired) electrons. The molecule has 3 rings (SSSR count). The molecular weight excluding hydrogens is 373 g/mol. The van der Waals surface area contributed by atoms with Crippen molar-refractivity contribution < 1.29 is 18.7 Å². The molecule has 0 aliphatic carbocycles. The molecule has 1 fully saturated rings. The Labute approximate surface area is 161 Å². The number of ether oxygens (including phenoxy) is 1. The highest BCUT2D eigenvalue weighted by atomic mass is 35.5. The predicted octanol–water partition coefficient (Wildman–Crippen LogP) is 3.41. The summed E-state index contributed by atoms with van der Waals surface area (Å²) in [4.78, 5) is 25.1. The van der Waals surface area contributed by atoms with Crippen LogP contribution in [-0.4, -0.2) is 36.0 Å². The summed E-state index contributed by atoms with van der Waals surface area (Å²) in [5, 5.41) is 5.98. The van der Waals surface area contributed by atoms with Gasteiger partial charge >= 0.3 is 6.03 Å². The van der Waals surface area contributed by atoms with Gasteiger partial charge < -0.3 is 15.4 Å². The zero-order valence-corrected chi connectivity index (χ0v) is 15.4. The molecule has 3 amide bonds. The molecule has 2 aromatic carbocycles. The van der Waals surface area contributed by atoms with Crippen LogP contribution in [0.5, 0.6) is 5.75 Å². The first kappa shape index (κ1) is 19.0. The number of halogens is 2. The third-order valence-corrected chi connectivity index (χ3v) is 4.39. The normalized spacial score (nSPS) is 14.6. The summed E-state index contributed by atoms with van der Waals surface area (Å²) in [5.74, 6) is -0.191. The number of hydrogen-bond donors (Lipinski definition) is 2. The molecule has 27 heavy (non-hydrogen) atoms. The smallest absolute Gasteiger partial charge is 0.324 e. The van der Waals surface area contributed by atoms with Gasteiger partial charge in [0.1, 0.15) is 24.2 Å². The fourth-order valence-electron chi connectivity index (χ4n) is 2.72. The summed E-state index contributed by atoms with van der Waals surface area (Å²) in [6.45, 7) is 2.68. The molecule has 8 heteroatoms. The van der Waals surface area contributed by atoms with Crippen molar-refractivity contribution in [3.63, 3.8) is 0 Å². The third kappa shape index (κ3) is 4.68. The molecule has 0 aromatic heterocycles. The lowest BCUT2D eigenvalue weighted by molar-refractivity contribution is -0.128. The SMILES string of the molecule is C[C@H](Nc1ccc(OCc2cccc(F)c2)c(Cl)c1)C(=O)N1CCNC1=O.